The largest absolute Gasteiger partial charge is 0.390 e. The number of carbonyl (C=O) groups is 1. The zero-order valence-corrected chi connectivity index (χ0v) is 11.0. The summed E-state index contributed by atoms with van der Waals surface area (Å²) in [5.41, 5.74) is 0.545. The number of aliphatic hydroxyl groups excluding tert-OH is 2. The molecule has 5 nitrogen and oxygen atoms in total. The lowest BCUT2D eigenvalue weighted by Crippen LogP contribution is -2.27. The molecule has 2 unspecified atom stereocenters. The quantitative estimate of drug-likeness (QED) is 0.702. The Hall–Kier alpha value is -0.980. The summed E-state index contributed by atoms with van der Waals surface area (Å²) >= 11 is 3.19. The van der Waals surface area contributed by atoms with Crippen LogP contribution in [-0.2, 0) is 4.79 Å². The summed E-state index contributed by atoms with van der Waals surface area (Å²) in [4.78, 5) is 14.6. The van der Waals surface area contributed by atoms with Gasteiger partial charge < -0.3 is 15.5 Å². The van der Waals surface area contributed by atoms with Crippen LogP contribution in [0.4, 0.5) is 0 Å². The molecule has 0 spiro atoms. The van der Waals surface area contributed by atoms with Crippen molar-refractivity contribution in [3.8, 4) is 0 Å². The van der Waals surface area contributed by atoms with Crippen molar-refractivity contribution in [2.24, 2.45) is 0 Å². The number of aliphatic hydroxyl groups is 2. The van der Waals surface area contributed by atoms with Crippen molar-refractivity contribution in [1.82, 2.24) is 10.3 Å². The second-order valence-electron chi connectivity index (χ2n) is 3.70. The Balaban J connectivity index is 2.48. The topological polar surface area (TPSA) is 82.5 Å². The van der Waals surface area contributed by atoms with Gasteiger partial charge in [0.1, 0.15) is 10.7 Å². The highest BCUT2D eigenvalue weighted by Gasteiger charge is 2.18. The Morgan fingerprint density at radius 2 is 2.24 bits per heavy atom. The van der Waals surface area contributed by atoms with Gasteiger partial charge >= 0.3 is 0 Å². The number of hydrogen-bond donors (Lipinski definition) is 3. The van der Waals surface area contributed by atoms with Crippen LogP contribution >= 0.6 is 15.9 Å². The molecule has 17 heavy (non-hydrogen) atoms. The van der Waals surface area contributed by atoms with Crippen molar-refractivity contribution in [3.05, 3.63) is 28.5 Å². The predicted molar refractivity (Wildman–Crippen MR) is 66.2 cm³/mol. The maximum atomic E-state index is 10.6. The van der Waals surface area contributed by atoms with Crippen molar-refractivity contribution in [3.63, 3.8) is 0 Å². The summed E-state index contributed by atoms with van der Waals surface area (Å²) in [5.74, 6) is -0.156. The molecule has 0 aliphatic rings. The van der Waals surface area contributed by atoms with Gasteiger partial charge in [-0.25, -0.2) is 4.98 Å². The predicted octanol–water partition coefficient (Wildman–Crippen LogP) is 0.765. The zero-order valence-electron chi connectivity index (χ0n) is 9.43. The maximum Gasteiger partial charge on any atom is 0.216 e. The summed E-state index contributed by atoms with van der Waals surface area (Å²) in [7, 11) is 0. The van der Waals surface area contributed by atoms with E-state index in [1.54, 1.807) is 12.1 Å². The summed E-state index contributed by atoms with van der Waals surface area (Å²) in [6.07, 6.45) is -0.137. The van der Waals surface area contributed by atoms with E-state index in [-0.39, 0.29) is 12.3 Å². The molecule has 0 aromatic carbocycles. The number of nitrogens with one attached hydrogen (secondary N) is 1. The number of rotatable bonds is 5. The van der Waals surface area contributed by atoms with Gasteiger partial charge in [0.05, 0.1) is 6.10 Å². The van der Waals surface area contributed by atoms with Crippen LogP contribution in [0.2, 0.25) is 0 Å². The van der Waals surface area contributed by atoms with Crippen LogP contribution in [0.3, 0.4) is 0 Å². The second-order valence-corrected chi connectivity index (χ2v) is 4.51. The maximum absolute atomic E-state index is 10.6. The normalized spacial score (nSPS) is 14.1. The van der Waals surface area contributed by atoms with Gasteiger partial charge in [-0.15, -0.1) is 0 Å². The smallest absolute Gasteiger partial charge is 0.216 e. The molecule has 1 aromatic heterocycles. The second kappa shape index (κ2) is 6.68. The molecule has 3 N–H and O–H groups in total. The Kier molecular flexibility index (Phi) is 5.54. The number of nitrogens with zero attached hydrogens (tertiary/aromatic N) is 1. The molecule has 1 heterocycles. The van der Waals surface area contributed by atoms with Crippen LogP contribution in [0, 0.1) is 0 Å². The SMILES string of the molecule is CC(=O)NCCC(O)C(O)c1ccc(Br)nc1. The number of pyridine rings is 1. The molecule has 6 heteroatoms. The average molecular weight is 303 g/mol. The number of hydrogen-bond acceptors (Lipinski definition) is 4. The first kappa shape index (κ1) is 14.1. The molecule has 0 aliphatic heterocycles. The van der Waals surface area contributed by atoms with E-state index in [2.05, 4.69) is 26.2 Å². The van der Waals surface area contributed by atoms with Crippen LogP contribution in [0.25, 0.3) is 0 Å². The van der Waals surface area contributed by atoms with Gasteiger partial charge in [0, 0.05) is 25.2 Å². The van der Waals surface area contributed by atoms with Crippen LogP contribution in [0.5, 0.6) is 0 Å². The molecule has 1 aromatic rings. The van der Waals surface area contributed by atoms with E-state index in [0.29, 0.717) is 16.7 Å². The first-order chi connectivity index (χ1) is 8.00. The first-order valence-electron chi connectivity index (χ1n) is 5.22. The molecule has 2 atom stereocenters. The molecule has 0 fully saturated rings. The zero-order chi connectivity index (χ0) is 12.8. The highest BCUT2D eigenvalue weighted by molar-refractivity contribution is 9.10. The average Bonchev–Trinajstić information content (AvgIpc) is 2.28. The van der Waals surface area contributed by atoms with Crippen molar-refractivity contribution in [2.45, 2.75) is 25.6 Å². The van der Waals surface area contributed by atoms with E-state index >= 15 is 0 Å². The van der Waals surface area contributed by atoms with E-state index in [1.807, 2.05) is 0 Å². The van der Waals surface area contributed by atoms with Gasteiger partial charge in [-0.05, 0) is 28.4 Å². The third-order valence-electron chi connectivity index (χ3n) is 2.27. The van der Waals surface area contributed by atoms with Crippen LogP contribution < -0.4 is 5.32 Å². The van der Waals surface area contributed by atoms with E-state index in [1.165, 1.54) is 13.1 Å². The Labute approximate surface area is 108 Å². The van der Waals surface area contributed by atoms with E-state index in [4.69, 9.17) is 0 Å². The lowest BCUT2D eigenvalue weighted by Gasteiger charge is -2.17. The Morgan fingerprint density at radius 3 is 2.76 bits per heavy atom. The van der Waals surface area contributed by atoms with Crippen molar-refractivity contribution in [2.75, 3.05) is 6.54 Å². The molecular weight excluding hydrogens is 288 g/mol. The van der Waals surface area contributed by atoms with Gasteiger partial charge in [-0.1, -0.05) is 6.07 Å². The monoisotopic (exact) mass is 302 g/mol. The molecular formula is C11H15BrN2O3. The molecule has 0 saturated heterocycles. The van der Waals surface area contributed by atoms with Crippen molar-refractivity contribution < 1.29 is 15.0 Å². The van der Waals surface area contributed by atoms with Crippen LogP contribution in [0.15, 0.2) is 22.9 Å². The van der Waals surface area contributed by atoms with Crippen molar-refractivity contribution >= 4 is 21.8 Å². The highest BCUT2D eigenvalue weighted by Crippen LogP contribution is 2.19. The summed E-state index contributed by atoms with van der Waals surface area (Å²) in [5, 5.41) is 22.1. The summed E-state index contributed by atoms with van der Waals surface area (Å²) in [6.45, 7) is 1.74. The third-order valence-corrected chi connectivity index (χ3v) is 2.74. The molecule has 1 rings (SSSR count). The minimum atomic E-state index is -0.996. The molecule has 0 bridgehead atoms. The molecule has 0 saturated carbocycles. The van der Waals surface area contributed by atoms with E-state index in [9.17, 15) is 15.0 Å². The minimum Gasteiger partial charge on any atom is -0.390 e. The van der Waals surface area contributed by atoms with Crippen LogP contribution in [0.1, 0.15) is 25.0 Å². The fraction of sp³-hybridized carbons (Fsp3) is 0.455. The Morgan fingerprint density at radius 1 is 1.53 bits per heavy atom. The lowest BCUT2D eigenvalue weighted by molar-refractivity contribution is -0.119. The van der Waals surface area contributed by atoms with Gasteiger partial charge in [0.25, 0.3) is 0 Å². The van der Waals surface area contributed by atoms with Gasteiger partial charge in [-0.3, -0.25) is 4.79 Å². The number of halogens is 1. The number of aromatic nitrogens is 1. The van der Waals surface area contributed by atoms with Gasteiger partial charge in [0.15, 0.2) is 0 Å². The fourth-order valence-corrected chi connectivity index (χ4v) is 1.57. The van der Waals surface area contributed by atoms with Gasteiger partial charge in [0.2, 0.25) is 5.91 Å². The molecule has 94 valence electrons. The van der Waals surface area contributed by atoms with Gasteiger partial charge in [-0.2, -0.15) is 0 Å². The third kappa shape index (κ3) is 4.80. The highest BCUT2D eigenvalue weighted by atomic mass is 79.9. The Bertz CT molecular complexity index is 369. The van der Waals surface area contributed by atoms with Crippen LogP contribution in [-0.4, -0.2) is 33.8 Å². The van der Waals surface area contributed by atoms with E-state index < -0.39 is 12.2 Å². The molecule has 1 amide bonds. The number of carbonyl (C=O) groups excluding carboxylic acids is 1. The fourth-order valence-electron chi connectivity index (χ4n) is 1.34. The molecule has 0 aliphatic carbocycles. The van der Waals surface area contributed by atoms with E-state index in [0.717, 1.165) is 0 Å². The summed E-state index contributed by atoms with van der Waals surface area (Å²) in [6, 6.07) is 3.38. The first-order valence-corrected chi connectivity index (χ1v) is 6.02. The number of amides is 1. The molecule has 0 radical (unpaired) electrons. The summed E-state index contributed by atoms with van der Waals surface area (Å²) < 4.78 is 0.668. The lowest BCUT2D eigenvalue weighted by atomic mass is 10.0. The van der Waals surface area contributed by atoms with Crippen molar-refractivity contribution in [1.29, 1.82) is 0 Å². The standard InChI is InChI=1S/C11H15BrN2O3/c1-7(15)13-5-4-9(16)11(17)8-2-3-10(12)14-6-8/h2-3,6,9,11,16-17H,4-5H2,1H3,(H,13,15). The minimum absolute atomic E-state index is 0.156.